The molecule has 0 atom stereocenters. The van der Waals surface area contributed by atoms with E-state index in [-0.39, 0.29) is 17.9 Å². The van der Waals surface area contributed by atoms with Crippen LogP contribution in [0.1, 0.15) is 5.56 Å². The lowest BCUT2D eigenvalue weighted by Gasteiger charge is -2.09. The van der Waals surface area contributed by atoms with Gasteiger partial charge in [-0.2, -0.15) is 0 Å². The van der Waals surface area contributed by atoms with E-state index in [0.29, 0.717) is 22.3 Å². The lowest BCUT2D eigenvalue weighted by atomic mass is 10.1. The number of aryl methyl sites for hydroxylation is 1. The Hall–Kier alpha value is -3.86. The Balaban J connectivity index is 1.49. The summed E-state index contributed by atoms with van der Waals surface area (Å²) in [5.41, 5.74) is 3.38. The van der Waals surface area contributed by atoms with Crippen LogP contribution >= 0.6 is 0 Å². The number of fused-ring (bicyclic) bond motifs is 1. The van der Waals surface area contributed by atoms with Gasteiger partial charge in [0.05, 0.1) is 10.9 Å². The lowest BCUT2D eigenvalue weighted by molar-refractivity contribution is -0.118. The number of hydrogen-bond acceptors (Lipinski definition) is 4. The largest absolute Gasteiger partial charge is 0.484 e. The summed E-state index contributed by atoms with van der Waals surface area (Å²) in [7, 11) is 0. The van der Waals surface area contributed by atoms with Crippen LogP contribution in [0.15, 0.2) is 88.3 Å². The molecule has 5 heteroatoms. The first-order valence-corrected chi connectivity index (χ1v) is 9.20. The Kier molecular flexibility index (Phi) is 5.12. The summed E-state index contributed by atoms with van der Waals surface area (Å²) in [5.74, 6) is 0.184. The molecule has 4 aromatic rings. The fourth-order valence-electron chi connectivity index (χ4n) is 3.08. The smallest absolute Gasteiger partial charge is 0.262 e. The number of carbonyl (C=O) groups excluding carboxylic acids is 1. The Morgan fingerprint density at radius 1 is 1.00 bits per heavy atom. The highest BCUT2D eigenvalue weighted by molar-refractivity contribution is 5.92. The second-order valence-corrected chi connectivity index (χ2v) is 6.71. The number of nitrogens with one attached hydrogen (secondary N) is 1. The normalized spacial score (nSPS) is 10.7. The highest BCUT2D eigenvalue weighted by atomic mass is 16.5. The quantitative estimate of drug-likeness (QED) is 0.536. The van der Waals surface area contributed by atoms with E-state index in [9.17, 15) is 9.59 Å². The molecule has 3 aromatic carbocycles. The van der Waals surface area contributed by atoms with Crippen LogP contribution in [0.5, 0.6) is 5.75 Å². The van der Waals surface area contributed by atoms with E-state index in [2.05, 4.69) is 5.32 Å². The fourth-order valence-corrected chi connectivity index (χ4v) is 3.08. The summed E-state index contributed by atoms with van der Waals surface area (Å²) >= 11 is 0. The van der Waals surface area contributed by atoms with Gasteiger partial charge >= 0.3 is 0 Å². The molecule has 0 unspecified atom stereocenters. The van der Waals surface area contributed by atoms with Gasteiger partial charge in [0.1, 0.15) is 17.6 Å². The minimum Gasteiger partial charge on any atom is -0.484 e. The van der Waals surface area contributed by atoms with E-state index in [1.165, 1.54) is 6.26 Å². The maximum absolute atomic E-state index is 12.8. The van der Waals surface area contributed by atoms with E-state index in [0.717, 1.165) is 16.8 Å². The molecule has 0 fully saturated rings. The zero-order valence-electron chi connectivity index (χ0n) is 15.8. The summed E-state index contributed by atoms with van der Waals surface area (Å²) in [6.45, 7) is 1.81. The van der Waals surface area contributed by atoms with Crippen molar-refractivity contribution in [1.29, 1.82) is 0 Å². The first-order chi connectivity index (χ1) is 14.1. The number of anilines is 1. The van der Waals surface area contributed by atoms with Crippen LogP contribution in [-0.4, -0.2) is 12.5 Å². The average Bonchev–Trinajstić information content (AvgIpc) is 2.73. The molecule has 1 amide bonds. The van der Waals surface area contributed by atoms with Crippen LogP contribution in [0.25, 0.3) is 22.1 Å². The zero-order chi connectivity index (χ0) is 20.2. The van der Waals surface area contributed by atoms with Gasteiger partial charge < -0.3 is 14.5 Å². The monoisotopic (exact) mass is 385 g/mol. The summed E-state index contributed by atoms with van der Waals surface area (Å²) in [6.07, 6.45) is 1.45. The second kappa shape index (κ2) is 8.02. The van der Waals surface area contributed by atoms with E-state index >= 15 is 0 Å². The molecular weight excluding hydrogens is 366 g/mol. The molecule has 0 aliphatic heterocycles. The maximum atomic E-state index is 12.8. The number of carbonyl (C=O) groups is 1. The molecule has 0 bridgehead atoms. The van der Waals surface area contributed by atoms with Gasteiger partial charge in [-0.05, 0) is 42.3 Å². The van der Waals surface area contributed by atoms with Crippen molar-refractivity contribution in [3.63, 3.8) is 0 Å². The Morgan fingerprint density at radius 2 is 1.83 bits per heavy atom. The van der Waals surface area contributed by atoms with E-state index in [4.69, 9.17) is 9.15 Å². The summed E-state index contributed by atoms with van der Waals surface area (Å²) < 4.78 is 11.2. The summed E-state index contributed by atoms with van der Waals surface area (Å²) in [6, 6.07) is 21.8. The van der Waals surface area contributed by atoms with Gasteiger partial charge in [-0.3, -0.25) is 9.59 Å². The topological polar surface area (TPSA) is 68.5 Å². The van der Waals surface area contributed by atoms with Gasteiger partial charge in [0.15, 0.2) is 12.0 Å². The van der Waals surface area contributed by atoms with Crippen molar-refractivity contribution in [2.75, 3.05) is 11.9 Å². The SMILES string of the molecule is Cc1cccc(NC(=O)COc2ccc3c(=O)c(-c4ccccc4)coc3c2)c1. The highest BCUT2D eigenvalue weighted by Gasteiger charge is 2.11. The van der Waals surface area contributed by atoms with Gasteiger partial charge in [0.25, 0.3) is 5.91 Å². The molecule has 0 saturated heterocycles. The van der Waals surface area contributed by atoms with Gasteiger partial charge in [0, 0.05) is 11.8 Å². The summed E-state index contributed by atoms with van der Waals surface area (Å²) in [4.78, 5) is 24.9. The number of hydrogen-bond donors (Lipinski definition) is 1. The van der Waals surface area contributed by atoms with Crippen LogP contribution in [0.4, 0.5) is 5.69 Å². The zero-order valence-corrected chi connectivity index (χ0v) is 15.8. The molecule has 0 aliphatic rings. The van der Waals surface area contributed by atoms with Crippen molar-refractivity contribution < 1.29 is 13.9 Å². The molecule has 1 aromatic heterocycles. The third-order valence-corrected chi connectivity index (χ3v) is 4.50. The molecule has 5 nitrogen and oxygen atoms in total. The van der Waals surface area contributed by atoms with Gasteiger partial charge in [-0.1, -0.05) is 42.5 Å². The third-order valence-electron chi connectivity index (χ3n) is 4.50. The standard InChI is InChI=1S/C24H19NO4/c1-16-6-5-9-18(12-16)25-23(26)15-28-19-10-11-20-22(13-19)29-14-21(24(20)27)17-7-3-2-4-8-17/h2-14H,15H2,1H3,(H,25,26). The van der Waals surface area contributed by atoms with Gasteiger partial charge in [0.2, 0.25) is 0 Å². The Bertz CT molecular complexity index is 1230. The number of amides is 1. The minimum absolute atomic E-state index is 0.110. The average molecular weight is 385 g/mol. The maximum Gasteiger partial charge on any atom is 0.262 e. The predicted molar refractivity (Wildman–Crippen MR) is 113 cm³/mol. The Morgan fingerprint density at radius 3 is 2.62 bits per heavy atom. The number of rotatable bonds is 5. The molecule has 29 heavy (non-hydrogen) atoms. The molecule has 4 rings (SSSR count). The molecule has 0 saturated carbocycles. The number of benzene rings is 3. The molecular formula is C24H19NO4. The molecule has 1 heterocycles. The van der Waals surface area contributed by atoms with Gasteiger partial charge in [-0.25, -0.2) is 0 Å². The third kappa shape index (κ3) is 4.19. The first kappa shape index (κ1) is 18.5. The molecule has 0 spiro atoms. The van der Waals surface area contributed by atoms with Crippen LogP contribution in [0.2, 0.25) is 0 Å². The van der Waals surface area contributed by atoms with Crippen molar-refractivity contribution in [2.45, 2.75) is 6.92 Å². The molecule has 1 N–H and O–H groups in total. The molecule has 0 aliphatic carbocycles. The van der Waals surface area contributed by atoms with E-state index < -0.39 is 0 Å². The second-order valence-electron chi connectivity index (χ2n) is 6.71. The van der Waals surface area contributed by atoms with Crippen molar-refractivity contribution in [2.24, 2.45) is 0 Å². The highest BCUT2D eigenvalue weighted by Crippen LogP contribution is 2.23. The molecule has 144 valence electrons. The van der Waals surface area contributed by atoms with Crippen LogP contribution in [-0.2, 0) is 4.79 Å². The van der Waals surface area contributed by atoms with E-state index in [1.807, 2.05) is 61.5 Å². The molecule has 0 radical (unpaired) electrons. The lowest BCUT2D eigenvalue weighted by Crippen LogP contribution is -2.20. The van der Waals surface area contributed by atoms with Crippen molar-refractivity contribution in [3.05, 3.63) is 94.8 Å². The first-order valence-electron chi connectivity index (χ1n) is 9.20. The number of ether oxygens (including phenoxy) is 1. The van der Waals surface area contributed by atoms with Crippen LogP contribution in [0, 0.1) is 6.92 Å². The van der Waals surface area contributed by atoms with Crippen LogP contribution < -0.4 is 15.5 Å². The minimum atomic E-state index is -0.267. The fraction of sp³-hybridized carbons (Fsp3) is 0.0833. The van der Waals surface area contributed by atoms with E-state index in [1.54, 1.807) is 18.2 Å². The Labute approximate surface area is 167 Å². The summed E-state index contributed by atoms with van der Waals surface area (Å²) in [5, 5.41) is 3.25. The predicted octanol–water partition coefficient (Wildman–Crippen LogP) is 4.79. The van der Waals surface area contributed by atoms with Gasteiger partial charge in [-0.15, -0.1) is 0 Å². The van der Waals surface area contributed by atoms with Crippen molar-refractivity contribution >= 4 is 22.6 Å². The van der Waals surface area contributed by atoms with Crippen molar-refractivity contribution in [3.8, 4) is 16.9 Å². The van der Waals surface area contributed by atoms with Crippen molar-refractivity contribution in [1.82, 2.24) is 0 Å². The van der Waals surface area contributed by atoms with Crippen LogP contribution in [0.3, 0.4) is 0 Å².